The van der Waals surface area contributed by atoms with Gasteiger partial charge < -0.3 is 4.57 Å². The fourth-order valence-electron chi connectivity index (χ4n) is 0.615. The molecule has 0 N–H and O–H groups in total. The summed E-state index contributed by atoms with van der Waals surface area (Å²) in [7, 11) is -5.56. The molecule has 0 rings (SSSR count). The number of rotatable bonds is 3. The Kier molecular flexibility index (Phi) is 3.33. The average Bonchev–Trinajstić information content (AvgIpc) is 1.56. The van der Waals surface area contributed by atoms with Gasteiger partial charge >= 0.3 is 0 Å². The Hall–Kier alpha value is 0.180. The molecule has 0 saturated carbocycles. The maximum absolute atomic E-state index is 11.6. The fraction of sp³-hybridized carbons (Fsp3) is 1.00. The van der Waals surface area contributed by atoms with Crippen LogP contribution >= 0.6 is 7.14 Å². The molecule has 5 heteroatoms. The van der Waals surface area contributed by atoms with E-state index in [4.69, 9.17) is 0 Å². The van der Waals surface area contributed by atoms with Crippen molar-refractivity contribution in [3.05, 3.63) is 0 Å². The van der Waals surface area contributed by atoms with E-state index in [-0.39, 0.29) is 11.2 Å². The minimum absolute atomic E-state index is 0.0442. The zero-order chi connectivity index (χ0) is 9.28. The molecule has 0 aliphatic carbocycles. The van der Waals surface area contributed by atoms with Crippen LogP contribution in [0.25, 0.3) is 0 Å². The van der Waals surface area contributed by atoms with Crippen molar-refractivity contribution in [1.82, 2.24) is 0 Å². The first kappa shape index (κ1) is 11.2. The first-order valence-corrected chi connectivity index (χ1v) is 7.86. The Bertz CT molecular complexity index is 266. The second-order valence-corrected chi connectivity index (χ2v) is 9.59. The lowest BCUT2D eigenvalue weighted by atomic mass is 10.6. The van der Waals surface area contributed by atoms with E-state index in [9.17, 15) is 13.0 Å². The van der Waals surface area contributed by atoms with Crippen LogP contribution in [0.5, 0.6) is 0 Å². The summed E-state index contributed by atoms with van der Waals surface area (Å²) >= 11 is 0. The summed E-state index contributed by atoms with van der Waals surface area (Å²) in [6.45, 7) is 5.11. The lowest BCUT2D eigenvalue weighted by Crippen LogP contribution is -2.09. The van der Waals surface area contributed by atoms with Gasteiger partial charge in [-0.2, -0.15) is 0 Å². The van der Waals surface area contributed by atoms with Gasteiger partial charge in [0, 0.05) is 11.9 Å². The molecule has 0 saturated heterocycles. The third-order valence-electron chi connectivity index (χ3n) is 1.58. The highest BCUT2D eigenvalue weighted by molar-refractivity contribution is 7.98. The first-order valence-electron chi connectivity index (χ1n) is 3.39. The molecule has 0 fully saturated rings. The highest BCUT2D eigenvalue weighted by Crippen LogP contribution is 2.47. The van der Waals surface area contributed by atoms with Crippen LogP contribution in [0, 0.1) is 0 Å². The summed E-state index contributed by atoms with van der Waals surface area (Å²) in [5.41, 5.74) is -0.213. The Labute approximate surface area is 68.5 Å². The zero-order valence-electron chi connectivity index (χ0n) is 7.36. The molecule has 0 aromatic rings. The van der Waals surface area contributed by atoms with E-state index < -0.39 is 17.0 Å². The van der Waals surface area contributed by atoms with Crippen LogP contribution in [-0.4, -0.2) is 32.5 Å². The molecule has 0 aliphatic heterocycles. The summed E-state index contributed by atoms with van der Waals surface area (Å²) in [5, 5.41) is 0. The van der Waals surface area contributed by atoms with Crippen LogP contribution in [0.1, 0.15) is 13.8 Å². The van der Waals surface area contributed by atoms with Crippen molar-refractivity contribution in [3.63, 3.8) is 0 Å². The molecule has 68 valence electrons. The van der Waals surface area contributed by atoms with Crippen molar-refractivity contribution in [2.45, 2.75) is 19.5 Å². The minimum atomic E-state index is -3.09. The summed E-state index contributed by atoms with van der Waals surface area (Å²) in [6, 6.07) is 0. The standard InChI is InChI=1S/C6H15O3PS/c1-6(2)10(3,7)5-11(4,8)9/h6H,5H2,1-4H3/t10-/m1/s1. The van der Waals surface area contributed by atoms with Crippen LogP contribution in [0.2, 0.25) is 0 Å². The van der Waals surface area contributed by atoms with Crippen molar-refractivity contribution < 1.29 is 13.0 Å². The summed E-state index contributed by atoms with van der Waals surface area (Å²) < 4.78 is 33.1. The molecule has 0 radical (unpaired) electrons. The van der Waals surface area contributed by atoms with Crippen LogP contribution < -0.4 is 0 Å². The van der Waals surface area contributed by atoms with Gasteiger partial charge in [0.2, 0.25) is 0 Å². The average molecular weight is 198 g/mol. The van der Waals surface area contributed by atoms with Crippen LogP contribution in [0.15, 0.2) is 0 Å². The number of sulfone groups is 1. The minimum Gasteiger partial charge on any atom is -0.323 e. The predicted octanol–water partition coefficient (Wildman–Crippen LogP) is 1.39. The summed E-state index contributed by atoms with van der Waals surface area (Å²) in [5.74, 6) is 0. The second kappa shape index (κ2) is 3.28. The quantitative estimate of drug-likeness (QED) is 0.644. The second-order valence-electron chi connectivity index (χ2n) is 3.32. The number of hydrogen-bond acceptors (Lipinski definition) is 3. The Balaban J connectivity index is 4.52. The Morgan fingerprint density at radius 1 is 1.36 bits per heavy atom. The van der Waals surface area contributed by atoms with Crippen molar-refractivity contribution in [2.24, 2.45) is 0 Å². The molecule has 0 bridgehead atoms. The van der Waals surface area contributed by atoms with Gasteiger partial charge in [-0.3, -0.25) is 0 Å². The first-order chi connectivity index (χ1) is 4.65. The lowest BCUT2D eigenvalue weighted by Gasteiger charge is -2.14. The third-order valence-corrected chi connectivity index (χ3v) is 7.69. The SMILES string of the molecule is CC(C)[P@](C)(=O)CS(C)(=O)=O. The Morgan fingerprint density at radius 3 is 1.82 bits per heavy atom. The van der Waals surface area contributed by atoms with E-state index in [0.717, 1.165) is 6.26 Å². The molecule has 11 heavy (non-hydrogen) atoms. The van der Waals surface area contributed by atoms with Crippen molar-refractivity contribution >= 4 is 17.0 Å². The fourth-order valence-corrected chi connectivity index (χ4v) is 5.53. The normalized spacial score (nSPS) is 18.3. The molecule has 0 amide bonds. The number of hydrogen-bond donors (Lipinski definition) is 0. The van der Waals surface area contributed by atoms with Gasteiger partial charge in [-0.15, -0.1) is 0 Å². The van der Waals surface area contributed by atoms with Gasteiger partial charge in [0.25, 0.3) is 0 Å². The van der Waals surface area contributed by atoms with E-state index in [1.807, 2.05) is 0 Å². The maximum atomic E-state index is 11.6. The van der Waals surface area contributed by atoms with E-state index in [1.54, 1.807) is 20.5 Å². The molecule has 0 unspecified atom stereocenters. The van der Waals surface area contributed by atoms with Gasteiger partial charge in [0.05, 0.1) is 0 Å². The van der Waals surface area contributed by atoms with Crippen LogP contribution in [0.3, 0.4) is 0 Å². The molecule has 0 aromatic carbocycles. The van der Waals surface area contributed by atoms with Gasteiger partial charge in [0.15, 0.2) is 9.84 Å². The topological polar surface area (TPSA) is 51.2 Å². The molecule has 0 aliphatic rings. The molecule has 1 atom stereocenters. The Morgan fingerprint density at radius 2 is 1.73 bits per heavy atom. The van der Waals surface area contributed by atoms with Crippen LogP contribution in [0.4, 0.5) is 0 Å². The largest absolute Gasteiger partial charge is 0.323 e. The molecule has 0 heterocycles. The smallest absolute Gasteiger partial charge is 0.154 e. The van der Waals surface area contributed by atoms with E-state index in [2.05, 4.69) is 0 Å². The third kappa shape index (κ3) is 4.59. The van der Waals surface area contributed by atoms with E-state index in [1.165, 1.54) is 0 Å². The van der Waals surface area contributed by atoms with E-state index in [0.29, 0.717) is 0 Å². The highest BCUT2D eigenvalue weighted by Gasteiger charge is 2.24. The van der Waals surface area contributed by atoms with Gasteiger partial charge in [-0.05, 0) is 6.66 Å². The van der Waals surface area contributed by atoms with Gasteiger partial charge in [-0.25, -0.2) is 8.42 Å². The van der Waals surface area contributed by atoms with Crippen molar-refractivity contribution in [1.29, 1.82) is 0 Å². The van der Waals surface area contributed by atoms with E-state index >= 15 is 0 Å². The summed E-state index contributed by atoms with van der Waals surface area (Å²) in [6.07, 6.45) is 1.12. The molecular formula is C6H15O3PS. The molecular weight excluding hydrogens is 183 g/mol. The maximum Gasteiger partial charge on any atom is 0.154 e. The molecule has 3 nitrogen and oxygen atoms in total. The van der Waals surface area contributed by atoms with Gasteiger partial charge in [0.1, 0.15) is 12.6 Å². The summed E-state index contributed by atoms with van der Waals surface area (Å²) in [4.78, 5) is 0. The van der Waals surface area contributed by atoms with Crippen LogP contribution in [-0.2, 0) is 14.4 Å². The highest BCUT2D eigenvalue weighted by atomic mass is 32.2. The lowest BCUT2D eigenvalue weighted by molar-refractivity contribution is 0.572. The predicted molar refractivity (Wildman–Crippen MR) is 48.4 cm³/mol. The zero-order valence-corrected chi connectivity index (χ0v) is 9.08. The van der Waals surface area contributed by atoms with Crippen molar-refractivity contribution in [2.75, 3.05) is 18.4 Å². The van der Waals surface area contributed by atoms with Gasteiger partial charge in [-0.1, -0.05) is 13.8 Å². The van der Waals surface area contributed by atoms with Crippen molar-refractivity contribution in [3.8, 4) is 0 Å². The monoisotopic (exact) mass is 198 g/mol. The molecule has 0 aromatic heterocycles. The molecule has 0 spiro atoms.